The van der Waals surface area contributed by atoms with E-state index < -0.39 is 0 Å². The molecule has 0 aromatic carbocycles. The van der Waals surface area contributed by atoms with Gasteiger partial charge in [0, 0.05) is 6.07 Å². The molecule has 0 aliphatic heterocycles. The molecular weight excluding hydrogens is 138 g/mol. The molecule has 0 saturated heterocycles. The fraction of sp³-hybridized carbons (Fsp3) is 0. The minimum atomic E-state index is 0.925. The number of H-pyrrole nitrogens is 1. The van der Waals surface area contributed by atoms with Crippen LogP contribution in [0.2, 0.25) is 0 Å². The topological polar surface area (TPSA) is 32.6 Å². The highest BCUT2D eigenvalue weighted by Gasteiger charge is 2.00. The molecule has 1 N–H and O–H groups in total. The van der Waals surface area contributed by atoms with E-state index in [0.717, 1.165) is 5.82 Å². The molecule has 0 unspecified atom stereocenters. The number of hydrogen-bond donors (Lipinski definition) is 1. The van der Waals surface area contributed by atoms with Gasteiger partial charge in [-0.15, -0.1) is 4.98 Å². The summed E-state index contributed by atoms with van der Waals surface area (Å²) in [7, 11) is 0. The number of rotatable bonds is 1. The van der Waals surface area contributed by atoms with Gasteiger partial charge >= 0.3 is 0 Å². The van der Waals surface area contributed by atoms with Crippen molar-refractivity contribution in [1.82, 2.24) is 9.97 Å². The summed E-state index contributed by atoms with van der Waals surface area (Å²) in [5.41, 5.74) is 0. The third-order valence-corrected chi connectivity index (χ3v) is 1.46. The van der Waals surface area contributed by atoms with Gasteiger partial charge in [0.05, 0.1) is 6.20 Å². The van der Waals surface area contributed by atoms with Crippen LogP contribution >= 0.6 is 0 Å². The van der Waals surface area contributed by atoms with Crippen molar-refractivity contribution in [3.8, 4) is 5.82 Å². The summed E-state index contributed by atoms with van der Waals surface area (Å²) in [5.74, 6) is 0.925. The summed E-state index contributed by atoms with van der Waals surface area (Å²) in [6.07, 6.45) is 7.40. The monoisotopic (exact) mass is 146 g/mol. The van der Waals surface area contributed by atoms with E-state index in [4.69, 9.17) is 0 Å². The second-order valence-corrected chi connectivity index (χ2v) is 2.21. The van der Waals surface area contributed by atoms with Crippen molar-refractivity contribution in [2.24, 2.45) is 0 Å². The van der Waals surface area contributed by atoms with Gasteiger partial charge in [-0.25, -0.2) is 4.57 Å². The van der Waals surface area contributed by atoms with E-state index in [1.165, 1.54) is 0 Å². The van der Waals surface area contributed by atoms with Crippen molar-refractivity contribution in [2.75, 3.05) is 0 Å². The predicted octanol–water partition coefficient (Wildman–Crippen LogP) is 0.686. The van der Waals surface area contributed by atoms with Gasteiger partial charge in [-0.1, -0.05) is 6.07 Å². The van der Waals surface area contributed by atoms with E-state index >= 15 is 0 Å². The quantitative estimate of drug-likeness (QED) is 0.590. The maximum Gasteiger partial charge on any atom is 0.266 e. The van der Waals surface area contributed by atoms with Gasteiger partial charge < -0.3 is 0 Å². The molecular formula is C8H8N3+. The third kappa shape index (κ3) is 1.12. The predicted molar refractivity (Wildman–Crippen MR) is 40.1 cm³/mol. The SMILES string of the molecule is c1ccc(-[n+]2cc[nH]c2)nc1. The first-order chi connectivity index (χ1) is 5.47. The Hall–Kier alpha value is -1.64. The molecule has 2 aromatic rings. The minimum Gasteiger partial charge on any atom is -0.283 e. The fourth-order valence-electron chi connectivity index (χ4n) is 0.939. The van der Waals surface area contributed by atoms with E-state index in [2.05, 4.69) is 9.97 Å². The molecule has 0 aliphatic rings. The van der Waals surface area contributed by atoms with Gasteiger partial charge in [-0.3, -0.25) is 4.98 Å². The first-order valence-electron chi connectivity index (χ1n) is 3.42. The van der Waals surface area contributed by atoms with Gasteiger partial charge in [-0.05, 0) is 6.07 Å². The van der Waals surface area contributed by atoms with Crippen LogP contribution in [0.5, 0.6) is 0 Å². The van der Waals surface area contributed by atoms with E-state index in [-0.39, 0.29) is 0 Å². The number of hydrogen-bond acceptors (Lipinski definition) is 1. The summed E-state index contributed by atoms with van der Waals surface area (Å²) in [6, 6.07) is 5.81. The number of nitrogens with zero attached hydrogens (tertiary/aromatic N) is 2. The van der Waals surface area contributed by atoms with E-state index in [1.54, 1.807) is 6.20 Å². The highest BCUT2D eigenvalue weighted by atomic mass is 15.1. The Morgan fingerprint density at radius 3 is 3.00 bits per heavy atom. The number of aromatic nitrogens is 3. The van der Waals surface area contributed by atoms with Gasteiger partial charge in [0.1, 0.15) is 12.4 Å². The molecule has 0 radical (unpaired) electrons. The zero-order valence-electron chi connectivity index (χ0n) is 5.94. The molecule has 3 heteroatoms. The van der Waals surface area contributed by atoms with Crippen LogP contribution in [0.1, 0.15) is 0 Å². The van der Waals surface area contributed by atoms with Crippen molar-refractivity contribution >= 4 is 0 Å². The Morgan fingerprint density at radius 2 is 2.36 bits per heavy atom. The summed E-state index contributed by atoms with van der Waals surface area (Å²) >= 11 is 0. The summed E-state index contributed by atoms with van der Waals surface area (Å²) in [4.78, 5) is 7.12. The smallest absolute Gasteiger partial charge is 0.266 e. The molecule has 2 aromatic heterocycles. The van der Waals surface area contributed by atoms with Gasteiger partial charge in [0.25, 0.3) is 5.82 Å². The summed E-state index contributed by atoms with van der Waals surface area (Å²) in [5, 5.41) is 0. The first-order valence-corrected chi connectivity index (χ1v) is 3.42. The Balaban J connectivity index is 2.46. The zero-order chi connectivity index (χ0) is 7.52. The lowest BCUT2D eigenvalue weighted by Gasteiger charge is -1.88. The lowest BCUT2D eigenvalue weighted by atomic mass is 10.5. The average molecular weight is 146 g/mol. The number of imidazole rings is 1. The summed E-state index contributed by atoms with van der Waals surface area (Å²) < 4.78 is 1.92. The summed E-state index contributed by atoms with van der Waals surface area (Å²) in [6.45, 7) is 0. The normalized spacial score (nSPS) is 9.82. The Morgan fingerprint density at radius 1 is 1.36 bits per heavy atom. The van der Waals surface area contributed by atoms with Crippen LogP contribution in [0.25, 0.3) is 5.82 Å². The van der Waals surface area contributed by atoms with Crippen LogP contribution in [-0.2, 0) is 0 Å². The molecule has 0 atom stereocenters. The Bertz CT molecular complexity index is 312. The third-order valence-electron chi connectivity index (χ3n) is 1.46. The molecule has 2 rings (SSSR count). The first kappa shape index (κ1) is 6.09. The molecule has 0 spiro atoms. The van der Waals surface area contributed by atoms with Crippen molar-refractivity contribution in [3.63, 3.8) is 0 Å². The van der Waals surface area contributed by atoms with E-state index in [0.29, 0.717) is 0 Å². The highest BCUT2D eigenvalue weighted by Crippen LogP contribution is 1.90. The van der Waals surface area contributed by atoms with Crippen molar-refractivity contribution in [1.29, 1.82) is 0 Å². The number of aromatic amines is 1. The molecule has 0 aliphatic carbocycles. The fourth-order valence-corrected chi connectivity index (χ4v) is 0.939. The van der Waals surface area contributed by atoms with Gasteiger partial charge in [0.2, 0.25) is 0 Å². The van der Waals surface area contributed by atoms with Gasteiger partial charge in [-0.2, -0.15) is 0 Å². The van der Waals surface area contributed by atoms with Crippen LogP contribution in [0.15, 0.2) is 43.1 Å². The van der Waals surface area contributed by atoms with E-state index in [1.807, 2.05) is 41.5 Å². The molecule has 11 heavy (non-hydrogen) atoms. The lowest BCUT2D eigenvalue weighted by Crippen LogP contribution is -2.27. The molecule has 0 fully saturated rings. The molecule has 0 bridgehead atoms. The number of nitrogens with one attached hydrogen (secondary N) is 1. The molecule has 0 saturated carbocycles. The van der Waals surface area contributed by atoms with Crippen molar-refractivity contribution in [2.45, 2.75) is 0 Å². The minimum absolute atomic E-state index is 0.925. The number of pyridine rings is 1. The van der Waals surface area contributed by atoms with Crippen LogP contribution < -0.4 is 4.57 Å². The lowest BCUT2D eigenvalue weighted by molar-refractivity contribution is -0.598. The molecule has 0 amide bonds. The maximum atomic E-state index is 4.16. The van der Waals surface area contributed by atoms with Crippen LogP contribution in [-0.4, -0.2) is 9.97 Å². The van der Waals surface area contributed by atoms with E-state index in [9.17, 15) is 0 Å². The molecule has 3 nitrogen and oxygen atoms in total. The Kier molecular flexibility index (Phi) is 1.41. The van der Waals surface area contributed by atoms with Crippen molar-refractivity contribution < 1.29 is 4.57 Å². The average Bonchev–Trinajstić information content (AvgIpc) is 2.58. The highest BCUT2D eigenvalue weighted by molar-refractivity contribution is 5.08. The molecule has 2 heterocycles. The van der Waals surface area contributed by atoms with Gasteiger partial charge in [0.15, 0.2) is 6.33 Å². The zero-order valence-corrected chi connectivity index (χ0v) is 5.94. The van der Waals surface area contributed by atoms with Crippen LogP contribution in [0.4, 0.5) is 0 Å². The van der Waals surface area contributed by atoms with Crippen LogP contribution in [0, 0.1) is 0 Å². The second-order valence-electron chi connectivity index (χ2n) is 2.21. The largest absolute Gasteiger partial charge is 0.283 e. The van der Waals surface area contributed by atoms with Crippen molar-refractivity contribution in [3.05, 3.63) is 43.1 Å². The van der Waals surface area contributed by atoms with Crippen LogP contribution in [0.3, 0.4) is 0 Å². The standard InChI is InChI=1S/C8H7N3/c1-2-4-10-8(3-1)11-6-5-9-7-11/h1-7H/p+1. The molecule has 54 valence electrons. The Labute approximate surface area is 64.3 Å². The second kappa shape index (κ2) is 2.54. The maximum absolute atomic E-state index is 4.16.